The van der Waals surface area contributed by atoms with Gasteiger partial charge >= 0.3 is 18.4 Å². The van der Waals surface area contributed by atoms with Gasteiger partial charge in [0.2, 0.25) is 0 Å². The number of rotatable bonds is 14. The number of amides is 1. The molecule has 6 nitrogen and oxygen atoms in total. The SMILES string of the molecule is COCCN(Cc1ccc(C(F)(F)F)c(/C=C/c2cccc(-c3cccc(/C=C/c4cc(CNCCO)ccc4C(F)(F)F)c3C)c2Cl)c1)C(=O)OC(C)(C)C. The summed E-state index contributed by atoms with van der Waals surface area (Å²) in [5.74, 6) is 0. The summed E-state index contributed by atoms with van der Waals surface area (Å²) >= 11 is 6.91. The maximum atomic E-state index is 14.2. The van der Waals surface area contributed by atoms with Crippen molar-refractivity contribution in [3.05, 3.63) is 128 Å². The van der Waals surface area contributed by atoms with Crippen LogP contribution in [0.5, 0.6) is 0 Å². The molecule has 0 radical (unpaired) electrons. The second-order valence-electron chi connectivity index (χ2n) is 14.0. The van der Waals surface area contributed by atoms with Gasteiger partial charge in [0.05, 0.1) is 29.4 Å². The molecule has 13 heteroatoms. The van der Waals surface area contributed by atoms with Crippen LogP contribution in [0.2, 0.25) is 5.02 Å². The molecule has 0 saturated carbocycles. The Morgan fingerprint density at radius 3 is 1.89 bits per heavy atom. The Bertz CT molecular complexity index is 2040. The van der Waals surface area contributed by atoms with Crippen molar-refractivity contribution in [2.75, 3.05) is 33.4 Å². The highest BCUT2D eigenvalue weighted by molar-refractivity contribution is 6.35. The third-order valence-corrected chi connectivity index (χ3v) is 9.05. The number of methoxy groups -OCH3 is 1. The van der Waals surface area contributed by atoms with E-state index in [1.807, 2.05) is 6.92 Å². The number of halogens is 7. The number of aliphatic hydroxyl groups excluding tert-OH is 1. The number of nitrogens with zero attached hydrogens (tertiary/aromatic N) is 1. The number of nitrogens with one attached hydrogen (secondary N) is 1. The number of hydrogen-bond acceptors (Lipinski definition) is 5. The zero-order valence-electron chi connectivity index (χ0n) is 31.7. The van der Waals surface area contributed by atoms with Crippen molar-refractivity contribution in [2.45, 2.75) is 58.7 Å². The van der Waals surface area contributed by atoms with Gasteiger partial charge in [-0.05, 0) is 96.5 Å². The second-order valence-corrected chi connectivity index (χ2v) is 14.4. The first-order chi connectivity index (χ1) is 26.3. The fourth-order valence-electron chi connectivity index (χ4n) is 5.89. The van der Waals surface area contributed by atoms with E-state index in [9.17, 15) is 31.1 Å². The first kappa shape index (κ1) is 44.1. The zero-order chi connectivity index (χ0) is 41.3. The average molecular weight is 803 g/mol. The predicted molar refractivity (Wildman–Crippen MR) is 210 cm³/mol. The number of aliphatic hydroxyl groups is 1. The van der Waals surface area contributed by atoms with Gasteiger partial charge in [-0.15, -0.1) is 0 Å². The van der Waals surface area contributed by atoms with Crippen molar-refractivity contribution in [1.29, 1.82) is 0 Å². The van der Waals surface area contributed by atoms with E-state index >= 15 is 0 Å². The monoisotopic (exact) mass is 802 g/mol. The number of carbonyl (C=O) groups excluding carboxylic acids is 1. The average Bonchev–Trinajstić information content (AvgIpc) is 3.11. The molecule has 0 spiro atoms. The summed E-state index contributed by atoms with van der Waals surface area (Å²) in [6, 6.07) is 18.0. The van der Waals surface area contributed by atoms with Gasteiger partial charge in [-0.2, -0.15) is 26.3 Å². The van der Waals surface area contributed by atoms with E-state index in [2.05, 4.69) is 5.32 Å². The van der Waals surface area contributed by atoms with Crippen molar-refractivity contribution in [3.8, 4) is 11.1 Å². The topological polar surface area (TPSA) is 71.0 Å². The number of alkyl halides is 6. The van der Waals surface area contributed by atoms with Gasteiger partial charge in [0.15, 0.2) is 0 Å². The van der Waals surface area contributed by atoms with Gasteiger partial charge in [-0.25, -0.2) is 4.79 Å². The van der Waals surface area contributed by atoms with E-state index in [-0.39, 0.29) is 49.0 Å². The maximum absolute atomic E-state index is 14.2. The van der Waals surface area contributed by atoms with E-state index in [1.54, 1.807) is 63.2 Å². The van der Waals surface area contributed by atoms with Crippen LogP contribution in [0.4, 0.5) is 31.1 Å². The lowest BCUT2D eigenvalue weighted by atomic mass is 9.94. The third kappa shape index (κ3) is 12.2. The molecule has 0 aliphatic heterocycles. The zero-order valence-corrected chi connectivity index (χ0v) is 32.5. The highest BCUT2D eigenvalue weighted by Crippen LogP contribution is 2.38. The number of benzene rings is 4. The Morgan fingerprint density at radius 1 is 0.786 bits per heavy atom. The number of ether oxygens (including phenoxy) is 2. The van der Waals surface area contributed by atoms with Crippen molar-refractivity contribution in [2.24, 2.45) is 0 Å². The van der Waals surface area contributed by atoms with E-state index in [1.165, 1.54) is 54.5 Å². The minimum atomic E-state index is -4.67. The molecule has 0 atom stereocenters. The molecule has 300 valence electrons. The Balaban J connectivity index is 1.68. The molecule has 4 aromatic rings. The van der Waals surface area contributed by atoms with Crippen LogP contribution >= 0.6 is 11.6 Å². The predicted octanol–water partition coefficient (Wildman–Crippen LogP) is 11.2. The maximum Gasteiger partial charge on any atom is 0.416 e. The molecular weight excluding hydrogens is 758 g/mol. The van der Waals surface area contributed by atoms with E-state index < -0.39 is 35.2 Å². The van der Waals surface area contributed by atoms with Crippen molar-refractivity contribution in [3.63, 3.8) is 0 Å². The molecule has 0 heterocycles. The first-order valence-corrected chi connectivity index (χ1v) is 18.1. The Hall–Kier alpha value is -4.62. The molecule has 2 N–H and O–H groups in total. The molecule has 0 fully saturated rings. The molecule has 0 aromatic heterocycles. The Kier molecular flexibility index (Phi) is 15.0. The number of carbonyl (C=O) groups is 1. The standard InChI is InChI=1S/C43H45ClF6N2O4/c1-28-31(14-16-33-24-29(26-51-20-22-53)12-18-37(33)42(45,46)47)8-6-10-35(28)36-11-7-9-32(39(36)44)15-17-34-25-30(13-19-38(34)43(48,49)50)27-52(21-23-55-5)40(54)56-41(2,3)4/h6-19,24-25,51,53H,20-23,26-27H2,1-5H3/b16-14+,17-15+. The molecule has 0 unspecified atom stereocenters. The summed E-state index contributed by atoms with van der Waals surface area (Å²) < 4.78 is 95.0. The highest BCUT2D eigenvalue weighted by atomic mass is 35.5. The molecular formula is C43H45ClF6N2O4. The molecule has 0 bridgehead atoms. The molecule has 1 amide bonds. The summed E-state index contributed by atoms with van der Waals surface area (Å²) in [4.78, 5) is 14.3. The summed E-state index contributed by atoms with van der Waals surface area (Å²) in [6.07, 6.45) is -4.08. The minimum absolute atomic E-state index is 0.0226. The Morgan fingerprint density at radius 2 is 1.32 bits per heavy atom. The van der Waals surface area contributed by atoms with Crippen LogP contribution < -0.4 is 5.32 Å². The van der Waals surface area contributed by atoms with E-state index in [4.69, 9.17) is 26.2 Å². The molecule has 4 aromatic carbocycles. The van der Waals surface area contributed by atoms with E-state index in [0.717, 1.165) is 17.7 Å². The largest absolute Gasteiger partial charge is 0.444 e. The molecule has 0 aliphatic rings. The van der Waals surface area contributed by atoms with Crippen LogP contribution in [-0.2, 0) is 34.9 Å². The highest BCUT2D eigenvalue weighted by Gasteiger charge is 2.34. The Labute approximate surface area is 328 Å². The first-order valence-electron chi connectivity index (χ1n) is 17.8. The summed E-state index contributed by atoms with van der Waals surface area (Å²) in [5.41, 5.74) is 1.49. The van der Waals surface area contributed by atoms with Gasteiger partial charge in [0, 0.05) is 38.9 Å². The summed E-state index contributed by atoms with van der Waals surface area (Å²) in [6.45, 7) is 7.75. The summed E-state index contributed by atoms with van der Waals surface area (Å²) in [5, 5.41) is 12.3. The van der Waals surface area contributed by atoms with Crippen molar-refractivity contribution in [1.82, 2.24) is 10.2 Å². The quantitative estimate of drug-likeness (QED) is 0.0755. The van der Waals surface area contributed by atoms with Crippen LogP contribution in [0.15, 0.2) is 72.8 Å². The van der Waals surface area contributed by atoms with Gasteiger partial charge in [0.25, 0.3) is 0 Å². The van der Waals surface area contributed by atoms with Gasteiger partial charge in [0.1, 0.15) is 5.60 Å². The van der Waals surface area contributed by atoms with Crippen molar-refractivity contribution >= 4 is 42.0 Å². The lowest BCUT2D eigenvalue weighted by Gasteiger charge is -2.27. The van der Waals surface area contributed by atoms with Crippen LogP contribution in [0, 0.1) is 6.92 Å². The lowest BCUT2D eigenvalue weighted by Crippen LogP contribution is -2.38. The van der Waals surface area contributed by atoms with Crippen LogP contribution in [0.25, 0.3) is 35.4 Å². The molecule has 0 aliphatic carbocycles. The smallest absolute Gasteiger partial charge is 0.416 e. The van der Waals surface area contributed by atoms with Crippen LogP contribution in [-0.4, -0.2) is 55.1 Å². The lowest BCUT2D eigenvalue weighted by molar-refractivity contribution is -0.138. The van der Waals surface area contributed by atoms with Gasteiger partial charge in [-0.1, -0.05) is 84.4 Å². The van der Waals surface area contributed by atoms with Gasteiger partial charge < -0.3 is 24.8 Å². The molecule has 56 heavy (non-hydrogen) atoms. The normalized spacial score (nSPS) is 12.5. The van der Waals surface area contributed by atoms with Gasteiger partial charge in [-0.3, -0.25) is 0 Å². The van der Waals surface area contributed by atoms with E-state index in [0.29, 0.717) is 39.9 Å². The fraction of sp³-hybridized carbons (Fsp3) is 0.326. The fourth-order valence-corrected chi connectivity index (χ4v) is 6.18. The van der Waals surface area contributed by atoms with Crippen molar-refractivity contribution < 1.29 is 45.7 Å². The minimum Gasteiger partial charge on any atom is -0.444 e. The van der Waals surface area contributed by atoms with Crippen LogP contribution in [0.3, 0.4) is 0 Å². The second kappa shape index (κ2) is 19.0. The number of hydrogen-bond donors (Lipinski definition) is 2. The molecule has 4 rings (SSSR count). The summed E-state index contributed by atoms with van der Waals surface area (Å²) in [7, 11) is 1.47. The third-order valence-electron chi connectivity index (χ3n) is 8.63. The van der Waals surface area contributed by atoms with Crippen LogP contribution in [0.1, 0.15) is 70.8 Å². The molecule has 0 saturated heterocycles.